The summed E-state index contributed by atoms with van der Waals surface area (Å²) in [5.41, 5.74) is 3.95. The number of nitrogens with one attached hydrogen (secondary N) is 1. The number of furan rings is 1. The number of hydrazine groups is 1. The second kappa shape index (κ2) is 6.65. The number of nitrogen functional groups attached to an aromatic ring is 1. The number of benzene rings is 1. The number of hydrogen-bond donors (Lipinski definition) is 2. The Balaban J connectivity index is 1.95. The maximum atomic E-state index is 11.4. The number of hydrogen-bond acceptors (Lipinski definition) is 4. The molecule has 2 aromatic rings. The monoisotopic (exact) mass is 296 g/mol. The van der Waals surface area contributed by atoms with Crippen LogP contribution in [-0.4, -0.2) is 5.91 Å². The summed E-state index contributed by atoms with van der Waals surface area (Å²) in [6, 6.07) is 9.47. The van der Waals surface area contributed by atoms with E-state index in [2.05, 4.69) is 5.43 Å². The molecule has 1 aromatic heterocycles. The van der Waals surface area contributed by atoms with Crippen LogP contribution in [0.2, 0.25) is 5.02 Å². The molecule has 3 N–H and O–H groups in total. The molecule has 0 spiro atoms. The van der Waals surface area contributed by atoms with Gasteiger partial charge in [0.15, 0.2) is 5.76 Å². The van der Waals surface area contributed by atoms with Gasteiger partial charge in [-0.1, -0.05) is 29.8 Å². The number of carbonyl (C=O) groups is 1. The fourth-order valence-corrected chi connectivity index (χ4v) is 2.90. The molecule has 0 fully saturated rings. The molecule has 0 aliphatic heterocycles. The molecule has 1 amide bonds. The second-order valence-corrected chi connectivity index (χ2v) is 5.23. The smallest absolute Gasteiger partial charge is 0.301 e. The van der Waals surface area contributed by atoms with Crippen molar-refractivity contribution in [3.05, 3.63) is 58.5 Å². The summed E-state index contributed by atoms with van der Waals surface area (Å²) in [4.78, 5) is 11.4. The van der Waals surface area contributed by atoms with Gasteiger partial charge in [0.05, 0.1) is 6.26 Å². The highest BCUT2D eigenvalue weighted by molar-refractivity contribution is 7.97. The summed E-state index contributed by atoms with van der Waals surface area (Å²) in [5, 5.41) is 0.752. The van der Waals surface area contributed by atoms with Gasteiger partial charge < -0.3 is 4.42 Å². The third kappa shape index (κ3) is 3.53. The van der Waals surface area contributed by atoms with Crippen LogP contribution in [0.3, 0.4) is 0 Å². The van der Waals surface area contributed by atoms with Gasteiger partial charge in [0.2, 0.25) is 0 Å². The molecular formula is C13H13ClN2O2S. The molecule has 0 aliphatic rings. The zero-order chi connectivity index (χ0) is 13.7. The van der Waals surface area contributed by atoms with E-state index >= 15 is 0 Å². The molecule has 0 aliphatic carbocycles. The average Bonchev–Trinajstić information content (AvgIpc) is 2.88. The van der Waals surface area contributed by atoms with Gasteiger partial charge in [-0.05, 0) is 17.7 Å². The van der Waals surface area contributed by atoms with Crippen LogP contribution >= 0.6 is 23.4 Å². The highest BCUT2D eigenvalue weighted by Gasteiger charge is 2.14. The molecule has 0 atom stereocenters. The molecule has 1 heterocycles. The number of nitrogens with two attached hydrogens (primary N) is 1. The Labute approximate surface area is 120 Å². The first-order valence-electron chi connectivity index (χ1n) is 5.61. The average molecular weight is 297 g/mol. The maximum absolute atomic E-state index is 11.4. The molecule has 4 nitrogen and oxygen atoms in total. The van der Waals surface area contributed by atoms with Gasteiger partial charge in [0.1, 0.15) is 0 Å². The Morgan fingerprint density at radius 2 is 2.00 bits per heavy atom. The zero-order valence-corrected chi connectivity index (χ0v) is 11.6. The molecule has 0 saturated heterocycles. The van der Waals surface area contributed by atoms with E-state index in [0.717, 1.165) is 21.9 Å². The lowest BCUT2D eigenvalue weighted by atomic mass is 10.2. The van der Waals surface area contributed by atoms with Crippen LogP contribution in [0, 0.1) is 0 Å². The van der Waals surface area contributed by atoms with Crippen LogP contribution in [0.25, 0.3) is 0 Å². The number of amides is 1. The van der Waals surface area contributed by atoms with E-state index in [0.29, 0.717) is 5.75 Å². The molecule has 19 heavy (non-hydrogen) atoms. The molecule has 100 valence electrons. The Morgan fingerprint density at radius 3 is 2.74 bits per heavy atom. The van der Waals surface area contributed by atoms with Crippen LogP contribution < -0.4 is 11.3 Å². The van der Waals surface area contributed by atoms with E-state index < -0.39 is 5.91 Å². The number of carbonyl (C=O) groups excluding carboxylic acids is 1. The van der Waals surface area contributed by atoms with Crippen molar-refractivity contribution >= 4 is 29.3 Å². The van der Waals surface area contributed by atoms with Gasteiger partial charge >= 0.3 is 5.91 Å². The van der Waals surface area contributed by atoms with Gasteiger partial charge in [-0.15, -0.1) is 0 Å². The largest absolute Gasteiger partial charge is 0.459 e. The van der Waals surface area contributed by atoms with E-state index in [-0.39, 0.29) is 5.76 Å². The van der Waals surface area contributed by atoms with E-state index in [1.165, 1.54) is 6.26 Å². The summed E-state index contributed by atoms with van der Waals surface area (Å²) in [6.45, 7) is 0. The number of rotatable bonds is 5. The quantitative estimate of drug-likeness (QED) is 0.506. The minimum Gasteiger partial charge on any atom is -0.459 e. The van der Waals surface area contributed by atoms with E-state index in [1.54, 1.807) is 17.8 Å². The molecule has 1 aromatic carbocycles. The molecular weight excluding hydrogens is 284 g/mol. The Bertz CT molecular complexity index is 571. The molecule has 0 radical (unpaired) electrons. The van der Waals surface area contributed by atoms with Crippen LogP contribution in [0.15, 0.2) is 41.0 Å². The Morgan fingerprint density at radius 1 is 1.26 bits per heavy atom. The highest BCUT2D eigenvalue weighted by atomic mass is 35.5. The predicted molar refractivity (Wildman–Crippen MR) is 76.8 cm³/mol. The molecule has 2 rings (SSSR count). The van der Waals surface area contributed by atoms with Crippen molar-refractivity contribution in [1.82, 2.24) is 5.43 Å². The van der Waals surface area contributed by atoms with Gasteiger partial charge in [0, 0.05) is 22.1 Å². The van der Waals surface area contributed by atoms with Crippen molar-refractivity contribution in [2.75, 3.05) is 0 Å². The van der Waals surface area contributed by atoms with Crippen molar-refractivity contribution in [3.8, 4) is 0 Å². The summed E-state index contributed by atoms with van der Waals surface area (Å²) in [6.07, 6.45) is 1.48. The summed E-state index contributed by atoms with van der Waals surface area (Å²) >= 11 is 7.73. The Hall–Kier alpha value is -1.43. The van der Waals surface area contributed by atoms with Crippen molar-refractivity contribution in [2.45, 2.75) is 11.5 Å². The minimum absolute atomic E-state index is 0.258. The normalized spacial score (nSPS) is 10.4. The van der Waals surface area contributed by atoms with E-state index in [9.17, 15) is 4.79 Å². The number of halogens is 1. The fourth-order valence-electron chi connectivity index (χ4n) is 1.60. The maximum Gasteiger partial charge on any atom is 0.301 e. The first-order chi connectivity index (χ1) is 9.22. The predicted octanol–water partition coefficient (Wildman–Crippen LogP) is 2.97. The molecule has 6 heteroatoms. The van der Waals surface area contributed by atoms with Crippen molar-refractivity contribution in [2.24, 2.45) is 5.84 Å². The lowest BCUT2D eigenvalue weighted by molar-refractivity contribution is 0.0925. The first-order valence-corrected chi connectivity index (χ1v) is 7.14. The Kier molecular flexibility index (Phi) is 4.90. The molecule has 0 unspecified atom stereocenters. The van der Waals surface area contributed by atoms with Gasteiger partial charge in [-0.2, -0.15) is 11.8 Å². The SMILES string of the molecule is NNC(=O)c1occc1CSCc1ccccc1Cl. The minimum atomic E-state index is -0.418. The lowest BCUT2D eigenvalue weighted by Crippen LogP contribution is -2.30. The topological polar surface area (TPSA) is 68.3 Å². The van der Waals surface area contributed by atoms with E-state index in [1.807, 2.05) is 24.3 Å². The lowest BCUT2D eigenvalue weighted by Gasteiger charge is -2.04. The molecule has 0 bridgehead atoms. The van der Waals surface area contributed by atoms with Crippen LogP contribution in [0.1, 0.15) is 21.7 Å². The van der Waals surface area contributed by atoms with Gasteiger partial charge in [0.25, 0.3) is 0 Å². The van der Waals surface area contributed by atoms with Crippen LogP contribution in [0.5, 0.6) is 0 Å². The summed E-state index contributed by atoms with van der Waals surface area (Å²) in [5.74, 6) is 6.36. The fraction of sp³-hybridized carbons (Fsp3) is 0.154. The van der Waals surface area contributed by atoms with Gasteiger partial charge in [-0.3, -0.25) is 10.2 Å². The van der Waals surface area contributed by atoms with Crippen molar-refractivity contribution < 1.29 is 9.21 Å². The van der Waals surface area contributed by atoms with Crippen molar-refractivity contribution in [1.29, 1.82) is 0 Å². The third-order valence-corrected chi connectivity index (χ3v) is 3.96. The van der Waals surface area contributed by atoms with Crippen molar-refractivity contribution in [3.63, 3.8) is 0 Å². The third-order valence-electron chi connectivity index (χ3n) is 2.56. The van der Waals surface area contributed by atoms with Crippen LogP contribution in [-0.2, 0) is 11.5 Å². The summed E-state index contributed by atoms with van der Waals surface area (Å²) < 4.78 is 5.11. The van der Waals surface area contributed by atoms with E-state index in [4.69, 9.17) is 21.9 Å². The molecule has 0 saturated carbocycles. The second-order valence-electron chi connectivity index (χ2n) is 3.83. The first kappa shape index (κ1) is 14.0. The van der Waals surface area contributed by atoms with Gasteiger partial charge in [-0.25, -0.2) is 5.84 Å². The summed E-state index contributed by atoms with van der Waals surface area (Å²) in [7, 11) is 0. The van der Waals surface area contributed by atoms with Crippen LogP contribution in [0.4, 0.5) is 0 Å². The standard InChI is InChI=1S/C13H13ClN2O2S/c14-11-4-2-1-3-9(11)7-19-8-10-5-6-18-12(10)13(17)16-15/h1-6H,7-8,15H2,(H,16,17). The highest BCUT2D eigenvalue weighted by Crippen LogP contribution is 2.24. The zero-order valence-electron chi connectivity index (χ0n) is 10.1. The number of thioether (sulfide) groups is 1.